The van der Waals surface area contributed by atoms with Crippen LogP contribution >= 0.6 is 34.0 Å². The Morgan fingerprint density at radius 3 is 1.80 bits per heavy atom. The molecule has 3 rings (SSSR count). The van der Waals surface area contributed by atoms with Crippen molar-refractivity contribution in [3.05, 3.63) is 77.9 Å². The van der Waals surface area contributed by atoms with Gasteiger partial charge in [-0.15, -0.1) is 34.0 Å². The lowest BCUT2D eigenvalue weighted by molar-refractivity contribution is 0.404. The molecule has 3 aromatic rings. The van der Waals surface area contributed by atoms with Gasteiger partial charge in [-0.3, -0.25) is 0 Å². The van der Waals surface area contributed by atoms with Gasteiger partial charge in [-0.2, -0.15) is 0 Å². The molecule has 0 fully saturated rings. The van der Waals surface area contributed by atoms with Gasteiger partial charge in [0.15, 0.2) is 11.5 Å². The molecule has 5 nitrogen and oxygen atoms in total. The van der Waals surface area contributed by atoms with Crippen molar-refractivity contribution in [2.24, 2.45) is 0 Å². The minimum atomic E-state index is -0.135. The summed E-state index contributed by atoms with van der Waals surface area (Å²) in [6.45, 7) is 3.88. The third-order valence-electron chi connectivity index (χ3n) is 5.86. The van der Waals surface area contributed by atoms with Crippen LogP contribution in [0.15, 0.2) is 66.7 Å². The predicted octanol–water partition coefficient (Wildman–Crippen LogP) is 6.15. The summed E-state index contributed by atoms with van der Waals surface area (Å²) in [5.74, 6) is -0.0792. The van der Waals surface area contributed by atoms with E-state index in [1.54, 1.807) is 24.3 Å². The molecule has 7 heteroatoms. The first kappa shape index (κ1) is 31.0. The number of hydrogen-bond donors (Lipinski definition) is 5. The fourth-order valence-electron chi connectivity index (χ4n) is 3.98. The highest BCUT2D eigenvalue weighted by Crippen LogP contribution is 2.39. The first-order valence-corrected chi connectivity index (χ1v) is 11.9. The lowest BCUT2D eigenvalue weighted by Gasteiger charge is -2.14. The minimum absolute atomic E-state index is 0. The quantitative estimate of drug-likeness (QED) is 0.112. The number of rotatable bonds is 14. The van der Waals surface area contributed by atoms with Crippen molar-refractivity contribution in [1.82, 2.24) is 10.6 Å². The summed E-state index contributed by atoms with van der Waals surface area (Å²) in [6, 6.07) is 20.6. The first-order valence-electron chi connectivity index (χ1n) is 11.9. The molecule has 192 valence electrons. The zero-order valence-electron chi connectivity index (χ0n) is 20.1. The van der Waals surface area contributed by atoms with E-state index < -0.39 is 0 Å². The van der Waals surface area contributed by atoms with Crippen LogP contribution in [0.1, 0.15) is 36.8 Å². The minimum Gasteiger partial charge on any atom is -0.508 e. The molecule has 0 atom stereocenters. The SMILES string of the molecule is Br.Br.Oc1ccc(-c2c(CCNCCCCCCNCCc3ccccc3)ccc(O)c2O)cc1. The summed E-state index contributed by atoms with van der Waals surface area (Å²) < 4.78 is 0. The van der Waals surface area contributed by atoms with Crippen LogP contribution in [0.4, 0.5) is 0 Å². The average molecular weight is 610 g/mol. The third-order valence-corrected chi connectivity index (χ3v) is 5.86. The second-order valence-corrected chi connectivity index (χ2v) is 8.41. The molecule has 3 aromatic carbocycles. The standard InChI is InChI=1S/C28H36N2O3.2BrH/c31-25-13-10-23(11-14-25)27-24(12-15-26(32)28(27)33)17-21-30-19-7-2-1-6-18-29-20-16-22-8-4-3-5-9-22;;/h3-5,8-15,29-33H,1-2,6-7,16-21H2;2*1H. The van der Waals surface area contributed by atoms with Gasteiger partial charge in [0, 0.05) is 5.56 Å². The summed E-state index contributed by atoms with van der Waals surface area (Å²) in [7, 11) is 0. The maximum Gasteiger partial charge on any atom is 0.165 e. The second-order valence-electron chi connectivity index (χ2n) is 8.41. The Hall–Kier alpha value is -2.06. The van der Waals surface area contributed by atoms with Gasteiger partial charge in [-0.25, -0.2) is 0 Å². The molecule has 0 saturated heterocycles. The van der Waals surface area contributed by atoms with Gasteiger partial charge in [-0.05, 0) is 86.8 Å². The number of unbranched alkanes of at least 4 members (excludes halogenated alkanes) is 3. The summed E-state index contributed by atoms with van der Waals surface area (Å²) in [5.41, 5.74) is 3.74. The van der Waals surface area contributed by atoms with Crippen LogP contribution in [0.5, 0.6) is 17.2 Å². The number of hydrogen-bond acceptors (Lipinski definition) is 5. The summed E-state index contributed by atoms with van der Waals surface area (Å²) >= 11 is 0. The van der Waals surface area contributed by atoms with Gasteiger partial charge in [0.05, 0.1) is 0 Å². The van der Waals surface area contributed by atoms with Crippen molar-refractivity contribution >= 4 is 34.0 Å². The molecular formula is C28H38Br2N2O3. The van der Waals surface area contributed by atoms with Crippen LogP contribution in [0, 0.1) is 0 Å². The van der Waals surface area contributed by atoms with E-state index in [0.717, 1.165) is 56.6 Å². The molecule has 0 amide bonds. The van der Waals surface area contributed by atoms with Gasteiger partial charge in [0.1, 0.15) is 5.75 Å². The van der Waals surface area contributed by atoms with Crippen molar-refractivity contribution < 1.29 is 15.3 Å². The molecule has 0 bridgehead atoms. The maximum absolute atomic E-state index is 10.4. The van der Waals surface area contributed by atoms with E-state index in [1.807, 2.05) is 6.07 Å². The Kier molecular flexibility index (Phi) is 15.4. The van der Waals surface area contributed by atoms with E-state index in [4.69, 9.17) is 0 Å². The van der Waals surface area contributed by atoms with E-state index in [9.17, 15) is 15.3 Å². The monoisotopic (exact) mass is 608 g/mol. The Balaban J connectivity index is 0.00000306. The van der Waals surface area contributed by atoms with Crippen molar-refractivity contribution in [3.8, 4) is 28.4 Å². The van der Waals surface area contributed by atoms with Gasteiger partial charge in [0.25, 0.3) is 0 Å². The lowest BCUT2D eigenvalue weighted by Crippen LogP contribution is -2.19. The highest BCUT2D eigenvalue weighted by atomic mass is 79.9. The van der Waals surface area contributed by atoms with Gasteiger partial charge >= 0.3 is 0 Å². The molecule has 0 spiro atoms. The molecule has 0 unspecified atom stereocenters. The topological polar surface area (TPSA) is 84.8 Å². The van der Waals surface area contributed by atoms with Crippen LogP contribution in [-0.2, 0) is 12.8 Å². The Morgan fingerprint density at radius 1 is 0.571 bits per heavy atom. The zero-order valence-corrected chi connectivity index (χ0v) is 23.5. The molecule has 0 aliphatic rings. The van der Waals surface area contributed by atoms with Crippen LogP contribution in [-0.4, -0.2) is 41.5 Å². The fraction of sp³-hybridized carbons (Fsp3) is 0.357. The molecule has 35 heavy (non-hydrogen) atoms. The first-order chi connectivity index (χ1) is 16.1. The summed E-state index contributed by atoms with van der Waals surface area (Å²) in [5, 5.41) is 36.9. The van der Waals surface area contributed by atoms with E-state index >= 15 is 0 Å². The summed E-state index contributed by atoms with van der Waals surface area (Å²) in [6.07, 6.45) is 6.63. The number of nitrogens with one attached hydrogen (secondary N) is 2. The Labute approximate surface area is 230 Å². The fourth-order valence-corrected chi connectivity index (χ4v) is 3.98. The van der Waals surface area contributed by atoms with E-state index in [0.29, 0.717) is 5.56 Å². The van der Waals surface area contributed by atoms with Crippen molar-refractivity contribution in [2.45, 2.75) is 38.5 Å². The van der Waals surface area contributed by atoms with E-state index in [-0.39, 0.29) is 51.2 Å². The molecular weight excluding hydrogens is 572 g/mol. The largest absolute Gasteiger partial charge is 0.508 e. The second kappa shape index (κ2) is 17.4. The maximum atomic E-state index is 10.4. The van der Waals surface area contributed by atoms with Crippen molar-refractivity contribution in [3.63, 3.8) is 0 Å². The van der Waals surface area contributed by atoms with Crippen LogP contribution in [0.2, 0.25) is 0 Å². The van der Waals surface area contributed by atoms with Gasteiger partial charge in [-0.1, -0.05) is 61.4 Å². The van der Waals surface area contributed by atoms with Gasteiger partial charge < -0.3 is 26.0 Å². The summed E-state index contributed by atoms with van der Waals surface area (Å²) in [4.78, 5) is 0. The number of phenolic OH excluding ortho intramolecular Hbond substituents is 3. The number of halogens is 2. The third kappa shape index (κ3) is 10.6. The van der Waals surface area contributed by atoms with Crippen LogP contribution in [0.25, 0.3) is 11.1 Å². The molecule has 0 aliphatic heterocycles. The zero-order chi connectivity index (χ0) is 23.3. The molecule has 5 N–H and O–H groups in total. The highest BCUT2D eigenvalue weighted by molar-refractivity contribution is 8.93. The lowest BCUT2D eigenvalue weighted by atomic mass is 9.96. The Bertz CT molecular complexity index is 970. The molecule has 0 saturated carbocycles. The van der Waals surface area contributed by atoms with Crippen LogP contribution < -0.4 is 10.6 Å². The highest BCUT2D eigenvalue weighted by Gasteiger charge is 2.14. The van der Waals surface area contributed by atoms with Crippen molar-refractivity contribution in [1.29, 1.82) is 0 Å². The molecule has 0 aliphatic carbocycles. The number of aromatic hydroxyl groups is 3. The smallest absolute Gasteiger partial charge is 0.165 e. The van der Waals surface area contributed by atoms with Crippen LogP contribution in [0.3, 0.4) is 0 Å². The Morgan fingerprint density at radius 2 is 1.17 bits per heavy atom. The van der Waals surface area contributed by atoms with Gasteiger partial charge in [0.2, 0.25) is 0 Å². The van der Waals surface area contributed by atoms with E-state index in [1.165, 1.54) is 30.9 Å². The van der Waals surface area contributed by atoms with Crippen molar-refractivity contribution in [2.75, 3.05) is 26.2 Å². The van der Waals surface area contributed by atoms with E-state index in [2.05, 4.69) is 41.0 Å². The molecule has 0 radical (unpaired) electrons. The predicted molar refractivity (Wildman–Crippen MR) is 156 cm³/mol. The molecule has 0 aromatic heterocycles. The number of phenols is 3. The number of benzene rings is 3. The average Bonchev–Trinajstić information content (AvgIpc) is 2.83. The normalized spacial score (nSPS) is 10.4. The molecule has 0 heterocycles.